The second kappa shape index (κ2) is 19.6. The van der Waals surface area contributed by atoms with E-state index < -0.39 is 68.2 Å². The highest BCUT2D eigenvalue weighted by Crippen LogP contribution is 2.48. The lowest BCUT2D eigenvalue weighted by Crippen LogP contribution is -2.59. The molecule has 0 spiro atoms. The van der Waals surface area contributed by atoms with E-state index in [1.54, 1.807) is 20.1 Å². The van der Waals surface area contributed by atoms with E-state index >= 15 is 4.79 Å². The number of carbonyl (C=O) groups is 4. The second-order valence-electron chi connectivity index (χ2n) is 21.5. The van der Waals surface area contributed by atoms with E-state index in [2.05, 4.69) is 26.8 Å². The van der Waals surface area contributed by atoms with Gasteiger partial charge in [-0.25, -0.2) is 18.2 Å². The quantitative estimate of drug-likeness (QED) is 0.238. The number of sulfonamides is 1. The molecule has 4 aliphatic heterocycles. The lowest BCUT2D eigenvalue weighted by molar-refractivity contribution is -0.142. The number of ether oxygens (including phenoxy) is 5. The fourth-order valence-electron chi connectivity index (χ4n) is 11.9. The Morgan fingerprint density at radius 2 is 1.70 bits per heavy atom. The van der Waals surface area contributed by atoms with Crippen molar-refractivity contribution in [3.05, 3.63) is 42.5 Å². The zero-order valence-electron chi connectivity index (χ0n) is 40.2. The molecule has 8 aliphatic rings. The van der Waals surface area contributed by atoms with Gasteiger partial charge in [0.25, 0.3) is 5.91 Å². The summed E-state index contributed by atoms with van der Waals surface area (Å²) in [6.45, 7) is 8.19. The van der Waals surface area contributed by atoms with Crippen LogP contribution in [0.4, 0.5) is 4.79 Å². The zero-order chi connectivity index (χ0) is 48.1. The van der Waals surface area contributed by atoms with Crippen molar-refractivity contribution in [1.82, 2.24) is 30.1 Å². The van der Waals surface area contributed by atoms with Gasteiger partial charge < -0.3 is 39.2 Å². The minimum Gasteiger partial charge on any atom is -0.489 e. The second-order valence-corrected chi connectivity index (χ2v) is 23.7. The summed E-state index contributed by atoms with van der Waals surface area (Å²) in [5, 5.41) is 6.79. The number of alkyl carbamates (subject to hydrolysis) is 1. The molecule has 4 amide bonds. The van der Waals surface area contributed by atoms with E-state index in [-0.39, 0.29) is 55.5 Å². The van der Waals surface area contributed by atoms with Gasteiger partial charge >= 0.3 is 6.09 Å². The molecule has 17 nitrogen and oxygen atoms in total. The van der Waals surface area contributed by atoms with Crippen molar-refractivity contribution in [2.45, 2.75) is 169 Å². The maximum Gasteiger partial charge on any atom is 0.408 e. The van der Waals surface area contributed by atoms with Crippen molar-refractivity contribution in [1.29, 1.82) is 0 Å². The first kappa shape index (κ1) is 48.1. The van der Waals surface area contributed by atoms with Gasteiger partial charge in [-0.15, -0.1) is 6.58 Å². The molecule has 10 rings (SSSR count). The van der Waals surface area contributed by atoms with Gasteiger partial charge in [-0.2, -0.15) is 0 Å². The summed E-state index contributed by atoms with van der Waals surface area (Å²) in [4.78, 5) is 66.9. The molecule has 2 unspecified atom stereocenters. The fraction of sp³-hybridized carbons (Fsp3) is 0.706. The van der Waals surface area contributed by atoms with Crippen LogP contribution in [-0.4, -0.2) is 140 Å². The molecule has 9 atom stereocenters. The molecule has 18 heteroatoms. The van der Waals surface area contributed by atoms with Crippen LogP contribution in [-0.2, 0) is 45.0 Å². The number of aromatic nitrogens is 1. The standard InChI is InChI=1S/C51H70N6O11S/c1-4-33-27-51(33,48(60)55-69(62,63)50(2)19-20-50)54-45(58)41-26-37-28-57(41)47(59)43(31-13-7-5-8-14-31)53-49(61)68-42-23-32(42)15-9-6-10-17-39-44(38-16-11-12-18-40(38)52-46(39)67-37)66-36-24-34-29-65-30-35(25-36)56(34)21-22-64-3/h4,11-12,16,18,31-37,41-43H,1,5-10,13-15,17,19-30H2,2-3H3,(H,53,61)(H,54,58)(H,55,60)/t32-,33-,34?,35?,36?,37-,41+,42-,43+,51-/m1/s1. The average molecular weight is 975 g/mol. The largest absolute Gasteiger partial charge is 0.489 e. The van der Waals surface area contributed by atoms with Crippen LogP contribution in [0.3, 0.4) is 0 Å². The van der Waals surface area contributed by atoms with Gasteiger partial charge in [-0.3, -0.25) is 24.0 Å². The van der Waals surface area contributed by atoms with Crippen LogP contribution in [0.1, 0.15) is 115 Å². The molecular weight excluding hydrogens is 905 g/mol. The molecule has 3 N–H and O–H groups in total. The molecule has 4 saturated carbocycles. The van der Waals surface area contributed by atoms with Gasteiger partial charge in [0.1, 0.15) is 41.7 Å². The Kier molecular flexibility index (Phi) is 13.7. The third-order valence-corrected chi connectivity index (χ3v) is 18.8. The molecular formula is C51H70N6O11S. The molecule has 69 heavy (non-hydrogen) atoms. The van der Waals surface area contributed by atoms with Crippen molar-refractivity contribution < 1.29 is 51.3 Å². The zero-order valence-corrected chi connectivity index (χ0v) is 41.0. The van der Waals surface area contributed by atoms with Gasteiger partial charge in [-0.1, -0.05) is 50.3 Å². The summed E-state index contributed by atoms with van der Waals surface area (Å²) in [7, 11) is -2.30. The van der Waals surface area contributed by atoms with Crippen molar-refractivity contribution in [3.8, 4) is 11.6 Å². The van der Waals surface area contributed by atoms with Crippen molar-refractivity contribution in [3.63, 3.8) is 0 Å². The predicted molar refractivity (Wildman–Crippen MR) is 255 cm³/mol. The van der Waals surface area contributed by atoms with Crippen LogP contribution < -0.4 is 24.8 Å². The number of para-hydroxylation sites is 1. The SMILES string of the molecule is C=C[C@@H]1C[C@]1(NC(=O)[C@@H]1C[C@@H]2CN1C(=O)[C@H](C1CCCCC1)NC(=O)O[C@@H]1C[C@H]1CCCCCc1c(nc3ccccc3c1OC1CC3COCC(C1)N3CCOC)O2)C(=O)NS(=O)(=O)C1(C)CC1. The highest BCUT2D eigenvalue weighted by molar-refractivity contribution is 7.91. The monoisotopic (exact) mass is 974 g/mol. The number of morpholine rings is 1. The molecule has 1 aromatic carbocycles. The van der Waals surface area contributed by atoms with Gasteiger partial charge in [0.2, 0.25) is 27.7 Å². The minimum atomic E-state index is -4.02. The fourth-order valence-corrected chi connectivity index (χ4v) is 13.3. The molecule has 2 aromatic rings. The Hall–Kier alpha value is -4.52. The Bertz CT molecular complexity index is 2400. The van der Waals surface area contributed by atoms with E-state index in [0.717, 1.165) is 100 Å². The molecule has 7 fully saturated rings. The topological polar surface area (TPSA) is 204 Å². The maximum atomic E-state index is 15.2. The molecule has 4 bridgehead atoms. The van der Waals surface area contributed by atoms with Crippen LogP contribution >= 0.6 is 0 Å². The first-order valence-electron chi connectivity index (χ1n) is 25.7. The number of piperidine rings is 1. The maximum absolute atomic E-state index is 15.2. The van der Waals surface area contributed by atoms with Crippen molar-refractivity contribution in [2.24, 2.45) is 17.8 Å². The van der Waals surface area contributed by atoms with Gasteiger partial charge in [0.05, 0.1) is 42.2 Å². The van der Waals surface area contributed by atoms with Gasteiger partial charge in [0.15, 0.2) is 0 Å². The number of methoxy groups -OCH3 is 1. The van der Waals surface area contributed by atoms with Crippen LogP contribution in [0.15, 0.2) is 36.9 Å². The average Bonchev–Trinajstić information content (AvgIpc) is 4.30. The number of rotatable bonds is 12. The molecule has 5 heterocycles. The van der Waals surface area contributed by atoms with E-state index in [1.165, 1.54) is 4.90 Å². The predicted octanol–water partition coefficient (Wildman–Crippen LogP) is 5.08. The van der Waals surface area contributed by atoms with Crippen LogP contribution in [0.25, 0.3) is 10.9 Å². The first-order chi connectivity index (χ1) is 33.3. The van der Waals surface area contributed by atoms with Crippen LogP contribution in [0, 0.1) is 17.8 Å². The third kappa shape index (κ3) is 9.93. The molecule has 4 aliphatic carbocycles. The molecule has 3 saturated heterocycles. The highest BCUT2D eigenvalue weighted by atomic mass is 32.2. The number of hydrogen-bond acceptors (Lipinski definition) is 13. The van der Waals surface area contributed by atoms with E-state index in [0.29, 0.717) is 50.5 Å². The smallest absolute Gasteiger partial charge is 0.408 e. The van der Waals surface area contributed by atoms with Crippen molar-refractivity contribution in [2.75, 3.05) is 40.0 Å². The van der Waals surface area contributed by atoms with Gasteiger partial charge in [-0.05, 0) is 88.7 Å². The number of amides is 4. The van der Waals surface area contributed by atoms with Crippen LogP contribution in [0.5, 0.6) is 11.6 Å². The number of pyridine rings is 1. The molecule has 376 valence electrons. The number of fused-ring (bicyclic) bond motifs is 7. The Labute approximate surface area is 405 Å². The Balaban J connectivity index is 0.990. The van der Waals surface area contributed by atoms with E-state index in [9.17, 15) is 22.8 Å². The first-order valence-corrected chi connectivity index (χ1v) is 27.1. The Morgan fingerprint density at radius 1 is 0.971 bits per heavy atom. The normalized spacial score (nSPS) is 33.8. The lowest BCUT2D eigenvalue weighted by atomic mass is 9.83. The minimum absolute atomic E-state index is 0.00812. The number of nitrogens with zero attached hydrogens (tertiary/aromatic N) is 3. The number of carbonyl (C=O) groups excluding carboxylic acids is 4. The highest BCUT2D eigenvalue weighted by Gasteiger charge is 2.63. The van der Waals surface area contributed by atoms with E-state index in [1.807, 2.05) is 24.3 Å². The van der Waals surface area contributed by atoms with E-state index in [4.69, 9.17) is 28.7 Å². The van der Waals surface area contributed by atoms with Crippen LogP contribution in [0.2, 0.25) is 0 Å². The Morgan fingerprint density at radius 3 is 2.41 bits per heavy atom. The van der Waals surface area contributed by atoms with Crippen molar-refractivity contribution >= 4 is 44.7 Å². The molecule has 0 radical (unpaired) electrons. The summed E-state index contributed by atoms with van der Waals surface area (Å²) >= 11 is 0. The summed E-state index contributed by atoms with van der Waals surface area (Å²) in [6.07, 6.45) is 11.8. The summed E-state index contributed by atoms with van der Waals surface area (Å²) in [5.74, 6) is -1.22. The summed E-state index contributed by atoms with van der Waals surface area (Å²) in [5.41, 5.74) is -0.0366. The molecule has 1 aromatic heterocycles. The summed E-state index contributed by atoms with van der Waals surface area (Å²) in [6, 6.07) is 6.18. The summed E-state index contributed by atoms with van der Waals surface area (Å²) < 4.78 is 59.5. The number of benzene rings is 1. The number of nitrogens with one attached hydrogen (secondary N) is 3. The third-order valence-electron chi connectivity index (χ3n) is 16.7. The number of hydrogen-bond donors (Lipinski definition) is 3. The lowest BCUT2D eigenvalue weighted by Gasteiger charge is -2.48. The van der Waals surface area contributed by atoms with Gasteiger partial charge in [0, 0.05) is 56.3 Å².